The van der Waals surface area contributed by atoms with Crippen LogP contribution in [0.1, 0.15) is 29.4 Å². The van der Waals surface area contributed by atoms with Crippen molar-refractivity contribution in [3.63, 3.8) is 0 Å². The number of hydrogen-bond donors (Lipinski definition) is 1. The number of halogens is 1. The molecule has 2 heterocycles. The first kappa shape index (κ1) is 18.7. The number of fused-ring (bicyclic) bond motifs is 1. The van der Waals surface area contributed by atoms with Gasteiger partial charge >= 0.3 is 0 Å². The monoisotopic (exact) mass is 410 g/mol. The van der Waals surface area contributed by atoms with Gasteiger partial charge in [0, 0.05) is 0 Å². The lowest BCUT2D eigenvalue weighted by atomic mass is 10.2. The van der Waals surface area contributed by atoms with Crippen molar-refractivity contribution in [3.05, 3.63) is 40.7 Å². The highest BCUT2D eigenvalue weighted by Gasteiger charge is 2.22. The highest BCUT2D eigenvalue weighted by atomic mass is 35.5. The predicted octanol–water partition coefficient (Wildman–Crippen LogP) is 3.48. The molecule has 1 aromatic carbocycles. The molecule has 0 fully saturated rings. The maximum absolute atomic E-state index is 12.5. The van der Waals surface area contributed by atoms with Gasteiger partial charge in [-0.15, -0.1) is 0 Å². The van der Waals surface area contributed by atoms with E-state index in [0.717, 1.165) is 22.0 Å². The molecule has 10 heteroatoms. The predicted molar refractivity (Wildman–Crippen MR) is 102 cm³/mol. The number of nitrogens with one attached hydrogen (secondary N) is 1. The summed E-state index contributed by atoms with van der Waals surface area (Å²) in [4.78, 5) is 24.4. The fourth-order valence-electron chi connectivity index (χ4n) is 2.26. The molecule has 7 nitrogen and oxygen atoms in total. The summed E-state index contributed by atoms with van der Waals surface area (Å²) in [7, 11) is -3.66. The van der Waals surface area contributed by atoms with Crippen LogP contribution in [-0.4, -0.2) is 35.0 Å². The van der Waals surface area contributed by atoms with Gasteiger partial charge in [0.2, 0.25) is 15.0 Å². The number of hydrogen-bond acceptors (Lipinski definition) is 7. The van der Waals surface area contributed by atoms with Crippen LogP contribution in [0.5, 0.6) is 0 Å². The van der Waals surface area contributed by atoms with E-state index >= 15 is 0 Å². The summed E-state index contributed by atoms with van der Waals surface area (Å²) < 4.78 is 25.2. The molecule has 0 radical (unpaired) electrons. The van der Waals surface area contributed by atoms with Gasteiger partial charge in [0.1, 0.15) is 0 Å². The van der Waals surface area contributed by atoms with Gasteiger partial charge in [-0.2, -0.15) is 0 Å². The van der Waals surface area contributed by atoms with Crippen LogP contribution in [0.15, 0.2) is 29.6 Å². The normalized spacial score (nSPS) is 11.7. The molecule has 26 heavy (non-hydrogen) atoms. The number of nitrogens with zero attached hydrogens (tertiary/aromatic N) is 3. The number of carbonyl (C=O) groups is 1. The van der Waals surface area contributed by atoms with Crippen LogP contribution in [0, 0.1) is 6.92 Å². The molecule has 0 aliphatic carbocycles. The van der Waals surface area contributed by atoms with E-state index in [0.29, 0.717) is 11.6 Å². The topological polar surface area (TPSA) is 102 Å². The Labute approximate surface area is 159 Å². The Bertz CT molecular complexity index is 1100. The van der Waals surface area contributed by atoms with Crippen LogP contribution >= 0.6 is 22.9 Å². The van der Waals surface area contributed by atoms with Crippen molar-refractivity contribution in [3.8, 4) is 0 Å². The summed E-state index contributed by atoms with van der Waals surface area (Å²) >= 11 is 7.30. The fraction of sp³-hybridized carbons (Fsp3) is 0.250. The summed E-state index contributed by atoms with van der Waals surface area (Å²) in [6.07, 6.45) is 1.54. The summed E-state index contributed by atoms with van der Waals surface area (Å²) in [5, 5.41) is 2.55. The van der Waals surface area contributed by atoms with Crippen molar-refractivity contribution in [2.45, 2.75) is 25.4 Å². The van der Waals surface area contributed by atoms with Crippen molar-refractivity contribution < 1.29 is 13.2 Å². The van der Waals surface area contributed by atoms with Gasteiger partial charge < -0.3 is 0 Å². The quantitative estimate of drug-likeness (QED) is 0.646. The number of amides is 1. The minimum Gasteiger partial charge on any atom is -0.296 e. The fourth-order valence-corrected chi connectivity index (χ4v) is 4.56. The van der Waals surface area contributed by atoms with Crippen molar-refractivity contribution in [2.75, 3.05) is 11.1 Å². The third kappa shape index (κ3) is 3.84. The van der Waals surface area contributed by atoms with Gasteiger partial charge in [0.25, 0.3) is 5.91 Å². The summed E-state index contributed by atoms with van der Waals surface area (Å²) in [6.45, 7) is 3.70. The standard InChI is InChI=1S/C16H15ClN4O3S2/c1-3-6-26(23,24)16-18-8-10(17)13(20-16)14(22)21-15-19-11-5-4-9(2)7-12(11)25-15/h4-5,7-8H,3,6H2,1-2H3,(H,19,21,22). The van der Waals surface area contributed by atoms with E-state index in [4.69, 9.17) is 11.6 Å². The molecule has 3 aromatic rings. The molecule has 1 N–H and O–H groups in total. The maximum Gasteiger partial charge on any atom is 0.277 e. The van der Waals surface area contributed by atoms with Crippen molar-refractivity contribution >= 4 is 54.0 Å². The Kier molecular flexibility index (Phi) is 5.22. The molecular weight excluding hydrogens is 396 g/mol. The SMILES string of the molecule is CCCS(=O)(=O)c1ncc(Cl)c(C(=O)Nc2nc3ccc(C)cc3s2)n1. The number of carbonyl (C=O) groups excluding carboxylic acids is 1. The second-order valence-corrected chi connectivity index (χ2v) is 9.05. The van der Waals surface area contributed by atoms with Gasteiger partial charge in [-0.05, 0) is 31.0 Å². The first-order valence-corrected chi connectivity index (χ1v) is 10.6. The van der Waals surface area contributed by atoms with Crippen LogP contribution < -0.4 is 5.32 Å². The Morgan fingerprint density at radius 1 is 1.31 bits per heavy atom. The molecule has 0 aliphatic rings. The average molecular weight is 411 g/mol. The summed E-state index contributed by atoms with van der Waals surface area (Å²) in [6, 6.07) is 5.76. The molecule has 0 atom stereocenters. The number of benzene rings is 1. The van der Waals surface area contributed by atoms with E-state index in [1.54, 1.807) is 6.92 Å². The van der Waals surface area contributed by atoms with Gasteiger partial charge in [-0.3, -0.25) is 10.1 Å². The Hall–Kier alpha value is -2.10. The van der Waals surface area contributed by atoms with Crippen LogP contribution in [0.3, 0.4) is 0 Å². The number of thiazole rings is 1. The minimum atomic E-state index is -3.66. The molecule has 3 rings (SSSR count). The highest BCUT2D eigenvalue weighted by Crippen LogP contribution is 2.27. The number of aromatic nitrogens is 3. The van der Waals surface area contributed by atoms with Gasteiger partial charge in [0.05, 0.1) is 27.2 Å². The maximum atomic E-state index is 12.5. The number of anilines is 1. The molecule has 1 amide bonds. The molecule has 2 aromatic heterocycles. The van der Waals surface area contributed by atoms with Gasteiger partial charge in [0.15, 0.2) is 10.8 Å². The molecule has 0 saturated carbocycles. The highest BCUT2D eigenvalue weighted by molar-refractivity contribution is 7.91. The lowest BCUT2D eigenvalue weighted by Gasteiger charge is -2.06. The zero-order chi connectivity index (χ0) is 18.9. The second kappa shape index (κ2) is 7.26. The van der Waals surface area contributed by atoms with E-state index < -0.39 is 20.9 Å². The van der Waals surface area contributed by atoms with Crippen LogP contribution in [-0.2, 0) is 9.84 Å². The zero-order valence-corrected chi connectivity index (χ0v) is 16.4. The number of rotatable bonds is 5. The lowest BCUT2D eigenvalue weighted by Crippen LogP contribution is -2.18. The number of aryl methyl sites for hydroxylation is 1. The van der Waals surface area contributed by atoms with Crippen molar-refractivity contribution in [1.82, 2.24) is 15.0 Å². The van der Waals surface area contributed by atoms with E-state index in [9.17, 15) is 13.2 Å². The molecular formula is C16H15ClN4O3S2. The Morgan fingerprint density at radius 3 is 2.81 bits per heavy atom. The van der Waals surface area contributed by atoms with Crippen molar-refractivity contribution in [1.29, 1.82) is 0 Å². The van der Waals surface area contributed by atoms with Crippen molar-refractivity contribution in [2.24, 2.45) is 0 Å². The van der Waals surface area contributed by atoms with E-state index in [1.165, 1.54) is 11.3 Å². The lowest BCUT2D eigenvalue weighted by molar-refractivity contribution is 0.102. The summed E-state index contributed by atoms with van der Waals surface area (Å²) in [5.74, 6) is -0.742. The van der Waals surface area contributed by atoms with Crippen LogP contribution in [0.4, 0.5) is 5.13 Å². The molecule has 0 spiro atoms. The Balaban J connectivity index is 1.91. The zero-order valence-electron chi connectivity index (χ0n) is 14.0. The first-order valence-electron chi connectivity index (χ1n) is 7.74. The van der Waals surface area contributed by atoms with Gasteiger partial charge in [-0.25, -0.2) is 23.4 Å². The largest absolute Gasteiger partial charge is 0.296 e. The molecule has 0 saturated heterocycles. The van der Waals surface area contributed by atoms with E-state index in [-0.39, 0.29) is 16.5 Å². The number of sulfone groups is 1. The average Bonchev–Trinajstić information content (AvgIpc) is 2.96. The summed E-state index contributed by atoms with van der Waals surface area (Å²) in [5.41, 5.74) is 1.64. The molecule has 0 bridgehead atoms. The Morgan fingerprint density at radius 2 is 2.08 bits per heavy atom. The molecule has 136 valence electrons. The third-order valence-electron chi connectivity index (χ3n) is 3.45. The minimum absolute atomic E-state index is 0.0325. The second-order valence-electron chi connectivity index (χ2n) is 5.61. The van der Waals surface area contributed by atoms with E-state index in [2.05, 4.69) is 20.3 Å². The van der Waals surface area contributed by atoms with Crippen LogP contribution in [0.25, 0.3) is 10.2 Å². The smallest absolute Gasteiger partial charge is 0.277 e. The first-order chi connectivity index (χ1) is 12.3. The van der Waals surface area contributed by atoms with Gasteiger partial charge in [-0.1, -0.05) is 35.9 Å². The third-order valence-corrected chi connectivity index (χ3v) is 6.36. The molecule has 0 aliphatic heterocycles. The van der Waals surface area contributed by atoms with Crippen LogP contribution in [0.2, 0.25) is 5.02 Å². The molecule has 0 unspecified atom stereocenters. The van der Waals surface area contributed by atoms with E-state index in [1.807, 2.05) is 25.1 Å².